The van der Waals surface area contributed by atoms with E-state index in [1.54, 1.807) is 6.20 Å². The average molecular weight is 399 g/mol. The van der Waals surface area contributed by atoms with Crippen LogP contribution in [0.3, 0.4) is 0 Å². The molecule has 0 atom stereocenters. The van der Waals surface area contributed by atoms with Crippen LogP contribution in [0.1, 0.15) is 48.3 Å². The van der Waals surface area contributed by atoms with Crippen molar-refractivity contribution in [3.05, 3.63) is 53.3 Å². The van der Waals surface area contributed by atoms with Crippen molar-refractivity contribution in [2.45, 2.75) is 45.7 Å². The van der Waals surface area contributed by atoms with Crippen LogP contribution >= 0.6 is 0 Å². The summed E-state index contributed by atoms with van der Waals surface area (Å²) in [6.07, 6.45) is 4.03. The van der Waals surface area contributed by atoms with Gasteiger partial charge in [-0.15, -0.1) is 0 Å². The molecule has 1 saturated heterocycles. The lowest BCUT2D eigenvalue weighted by atomic mass is 10.0. The molecule has 1 aliphatic rings. The van der Waals surface area contributed by atoms with E-state index in [2.05, 4.69) is 17.2 Å². The summed E-state index contributed by atoms with van der Waals surface area (Å²) in [5, 5.41) is 13.6. The minimum Gasteiger partial charge on any atom is -0.480 e. The van der Waals surface area contributed by atoms with Crippen molar-refractivity contribution >= 4 is 11.9 Å². The van der Waals surface area contributed by atoms with Gasteiger partial charge < -0.3 is 10.0 Å². The van der Waals surface area contributed by atoms with Crippen LogP contribution in [-0.4, -0.2) is 68.8 Å². The summed E-state index contributed by atoms with van der Waals surface area (Å²) in [4.78, 5) is 28.1. The van der Waals surface area contributed by atoms with Crippen LogP contribution in [0.15, 0.2) is 36.5 Å². The number of amides is 1. The highest BCUT2D eigenvalue weighted by atomic mass is 16.4. The van der Waals surface area contributed by atoms with Crippen LogP contribution in [0.4, 0.5) is 0 Å². The molecule has 0 saturated carbocycles. The minimum absolute atomic E-state index is 0.0286. The number of carbonyl (C=O) groups excluding carboxylic acids is 1. The highest BCUT2D eigenvalue weighted by molar-refractivity contribution is 5.95. The Morgan fingerprint density at radius 2 is 1.86 bits per heavy atom. The Morgan fingerprint density at radius 3 is 2.45 bits per heavy atom. The molecule has 1 aromatic carbocycles. The van der Waals surface area contributed by atoms with E-state index in [0.29, 0.717) is 31.7 Å². The first-order valence-electron chi connectivity index (χ1n) is 10.4. The van der Waals surface area contributed by atoms with Crippen molar-refractivity contribution in [3.63, 3.8) is 0 Å². The maximum Gasteiger partial charge on any atom is 0.317 e. The van der Waals surface area contributed by atoms with Crippen molar-refractivity contribution < 1.29 is 14.7 Å². The monoisotopic (exact) mass is 398 g/mol. The summed E-state index contributed by atoms with van der Waals surface area (Å²) in [7, 11) is 0. The first kappa shape index (κ1) is 21.0. The highest BCUT2D eigenvalue weighted by Crippen LogP contribution is 2.20. The third-order valence-corrected chi connectivity index (χ3v) is 5.70. The molecular formula is C22H30N4O3. The number of hydrogen-bond donors (Lipinski definition) is 1. The molecule has 0 unspecified atom stereocenters. The zero-order valence-corrected chi connectivity index (χ0v) is 17.3. The summed E-state index contributed by atoms with van der Waals surface area (Å²) in [6.45, 7) is 6.74. The van der Waals surface area contributed by atoms with Gasteiger partial charge in [-0.3, -0.25) is 19.2 Å². The van der Waals surface area contributed by atoms with Crippen LogP contribution in [0.5, 0.6) is 0 Å². The van der Waals surface area contributed by atoms with Crippen LogP contribution < -0.4 is 0 Å². The molecule has 1 N–H and O–H groups in total. The van der Waals surface area contributed by atoms with E-state index in [-0.39, 0.29) is 18.5 Å². The highest BCUT2D eigenvalue weighted by Gasteiger charge is 2.29. The van der Waals surface area contributed by atoms with E-state index in [4.69, 9.17) is 5.11 Å². The van der Waals surface area contributed by atoms with Gasteiger partial charge in [-0.2, -0.15) is 5.10 Å². The minimum atomic E-state index is -0.802. The molecule has 2 heterocycles. The SMILES string of the molecule is CCc1c(C(=O)N2CCC(N(CC)CC(=O)O)CC2)cnn1Cc1ccccc1. The predicted molar refractivity (Wildman–Crippen MR) is 111 cm³/mol. The quantitative estimate of drug-likeness (QED) is 0.739. The van der Waals surface area contributed by atoms with Gasteiger partial charge >= 0.3 is 5.97 Å². The zero-order chi connectivity index (χ0) is 20.8. The Kier molecular flexibility index (Phi) is 7.04. The number of likely N-dealkylation sites (N-methyl/N-ethyl adjacent to an activating group) is 1. The van der Waals surface area contributed by atoms with Gasteiger partial charge in [0, 0.05) is 19.1 Å². The lowest BCUT2D eigenvalue weighted by Gasteiger charge is -2.37. The molecular weight excluding hydrogens is 368 g/mol. The fourth-order valence-electron chi connectivity index (χ4n) is 4.13. The van der Waals surface area contributed by atoms with Crippen molar-refractivity contribution in [2.24, 2.45) is 0 Å². The Hall–Kier alpha value is -2.67. The third kappa shape index (κ3) is 5.03. The molecule has 1 aliphatic heterocycles. The Morgan fingerprint density at radius 1 is 1.17 bits per heavy atom. The lowest BCUT2D eigenvalue weighted by molar-refractivity contribution is -0.139. The Labute approximate surface area is 171 Å². The molecule has 0 bridgehead atoms. The van der Waals surface area contributed by atoms with Gasteiger partial charge in [0.1, 0.15) is 0 Å². The number of hydrogen-bond acceptors (Lipinski definition) is 4. The van der Waals surface area contributed by atoms with Gasteiger partial charge in [0.15, 0.2) is 0 Å². The summed E-state index contributed by atoms with van der Waals surface area (Å²) in [6, 6.07) is 10.3. The van der Waals surface area contributed by atoms with Crippen molar-refractivity contribution in [1.29, 1.82) is 0 Å². The molecule has 3 rings (SSSR count). The molecule has 0 radical (unpaired) electrons. The molecule has 7 heteroatoms. The van der Waals surface area contributed by atoms with Gasteiger partial charge in [0.05, 0.1) is 30.5 Å². The topological polar surface area (TPSA) is 78.7 Å². The summed E-state index contributed by atoms with van der Waals surface area (Å²) >= 11 is 0. The summed E-state index contributed by atoms with van der Waals surface area (Å²) < 4.78 is 1.92. The van der Waals surface area contributed by atoms with Gasteiger partial charge in [0.2, 0.25) is 0 Å². The second-order valence-corrected chi connectivity index (χ2v) is 7.48. The van der Waals surface area contributed by atoms with Gasteiger partial charge in [-0.1, -0.05) is 44.2 Å². The Bertz CT molecular complexity index is 826. The number of carboxylic acids is 1. The van der Waals surface area contributed by atoms with Gasteiger partial charge in [-0.05, 0) is 31.4 Å². The number of carbonyl (C=O) groups is 2. The fourth-order valence-corrected chi connectivity index (χ4v) is 4.13. The standard InChI is InChI=1S/C22H30N4O3/c1-3-20-19(14-23-26(20)15-17-8-6-5-7-9-17)22(29)25-12-10-18(11-13-25)24(4-2)16-21(27)28/h5-9,14,18H,3-4,10-13,15-16H2,1-2H3,(H,27,28). The molecule has 156 valence electrons. The summed E-state index contributed by atoms with van der Waals surface area (Å²) in [5.74, 6) is -0.773. The molecule has 1 amide bonds. The summed E-state index contributed by atoms with van der Waals surface area (Å²) in [5.41, 5.74) is 2.80. The Balaban J connectivity index is 1.66. The fraction of sp³-hybridized carbons (Fsp3) is 0.500. The molecule has 2 aromatic rings. The van der Waals surface area contributed by atoms with E-state index in [1.807, 2.05) is 46.5 Å². The van der Waals surface area contributed by atoms with Crippen molar-refractivity contribution in [2.75, 3.05) is 26.2 Å². The molecule has 29 heavy (non-hydrogen) atoms. The number of aliphatic carboxylic acids is 1. The van der Waals surface area contributed by atoms with Crippen molar-refractivity contribution in [3.8, 4) is 0 Å². The maximum absolute atomic E-state index is 13.1. The molecule has 7 nitrogen and oxygen atoms in total. The van der Waals surface area contributed by atoms with Gasteiger partial charge in [-0.25, -0.2) is 0 Å². The average Bonchev–Trinajstić information content (AvgIpc) is 3.14. The van der Waals surface area contributed by atoms with E-state index < -0.39 is 5.97 Å². The van der Waals surface area contributed by atoms with Crippen LogP contribution in [0, 0.1) is 0 Å². The first-order valence-corrected chi connectivity index (χ1v) is 10.4. The third-order valence-electron chi connectivity index (χ3n) is 5.70. The first-order chi connectivity index (χ1) is 14.0. The lowest BCUT2D eigenvalue weighted by Crippen LogP contribution is -2.48. The van der Waals surface area contributed by atoms with Gasteiger partial charge in [0.25, 0.3) is 5.91 Å². The second kappa shape index (κ2) is 9.69. The molecule has 0 aliphatic carbocycles. The maximum atomic E-state index is 13.1. The number of carboxylic acid groups (broad SMARTS) is 1. The number of piperidine rings is 1. The normalized spacial score (nSPS) is 15.1. The number of likely N-dealkylation sites (tertiary alicyclic amines) is 1. The number of benzene rings is 1. The molecule has 1 aromatic heterocycles. The van der Waals surface area contributed by atoms with Crippen LogP contribution in [0.25, 0.3) is 0 Å². The molecule has 1 fully saturated rings. The van der Waals surface area contributed by atoms with E-state index in [1.165, 1.54) is 0 Å². The second-order valence-electron chi connectivity index (χ2n) is 7.48. The van der Waals surface area contributed by atoms with Crippen LogP contribution in [-0.2, 0) is 17.8 Å². The van der Waals surface area contributed by atoms with E-state index in [0.717, 1.165) is 30.5 Å². The van der Waals surface area contributed by atoms with E-state index >= 15 is 0 Å². The van der Waals surface area contributed by atoms with E-state index in [9.17, 15) is 9.59 Å². The predicted octanol–water partition coefficient (Wildman–Crippen LogP) is 2.50. The van der Waals surface area contributed by atoms with Crippen molar-refractivity contribution in [1.82, 2.24) is 19.6 Å². The number of aromatic nitrogens is 2. The number of nitrogens with zero attached hydrogens (tertiary/aromatic N) is 4. The van der Waals surface area contributed by atoms with Crippen LogP contribution in [0.2, 0.25) is 0 Å². The zero-order valence-electron chi connectivity index (χ0n) is 17.3. The smallest absolute Gasteiger partial charge is 0.317 e. The number of rotatable bonds is 8. The molecule has 0 spiro atoms. The largest absolute Gasteiger partial charge is 0.480 e.